The highest BCUT2D eigenvalue weighted by molar-refractivity contribution is 8.01. The van der Waals surface area contributed by atoms with Crippen LogP contribution in [0.2, 0.25) is 0 Å². The lowest BCUT2D eigenvalue weighted by Crippen LogP contribution is -2.25. The van der Waals surface area contributed by atoms with E-state index in [1.165, 1.54) is 0 Å². The van der Waals surface area contributed by atoms with E-state index in [1.807, 2.05) is 30.3 Å². The second-order valence-electron chi connectivity index (χ2n) is 4.41. The molecule has 0 N–H and O–H groups in total. The van der Waals surface area contributed by atoms with Crippen LogP contribution in [0.15, 0.2) is 42.5 Å². The Morgan fingerprint density at radius 2 is 1.94 bits per heavy atom. The molecule has 0 bridgehead atoms. The van der Waals surface area contributed by atoms with E-state index in [0.717, 1.165) is 11.4 Å². The number of amides is 1. The Hall–Kier alpha value is -1.22. The van der Waals surface area contributed by atoms with E-state index in [2.05, 4.69) is 20.4 Å². The minimum atomic E-state index is -0.0261. The van der Waals surface area contributed by atoms with Crippen LogP contribution in [0, 0.1) is 5.92 Å². The van der Waals surface area contributed by atoms with Gasteiger partial charge in [-0.05, 0) is 36.9 Å². The number of rotatable bonds is 5. The van der Waals surface area contributed by atoms with Gasteiger partial charge in [-0.15, -0.1) is 0 Å². The summed E-state index contributed by atoms with van der Waals surface area (Å²) in [6, 6.07) is 9.69. The molecule has 2 nitrogen and oxygen atoms in total. The first-order chi connectivity index (χ1) is 8.02. The molecule has 0 aromatic heterocycles. The first-order valence-corrected chi connectivity index (χ1v) is 6.64. The van der Waals surface area contributed by atoms with Crippen molar-refractivity contribution in [3.8, 4) is 0 Å². The van der Waals surface area contributed by atoms with E-state index in [1.54, 1.807) is 23.2 Å². The molecule has 3 heteroatoms. The van der Waals surface area contributed by atoms with Crippen molar-refractivity contribution in [3.05, 3.63) is 42.5 Å². The maximum absolute atomic E-state index is 12.1. The lowest BCUT2D eigenvalue weighted by molar-refractivity contribution is -0.113. The molecule has 0 fully saturated rings. The molecule has 1 amide bonds. The van der Waals surface area contributed by atoms with Crippen LogP contribution in [0.3, 0.4) is 0 Å². The zero-order chi connectivity index (χ0) is 12.8. The first kappa shape index (κ1) is 13.8. The summed E-state index contributed by atoms with van der Waals surface area (Å²) >= 11 is 1.54. The molecule has 0 aliphatic rings. The van der Waals surface area contributed by atoms with E-state index in [9.17, 15) is 4.79 Å². The van der Waals surface area contributed by atoms with Gasteiger partial charge in [0.1, 0.15) is 0 Å². The number of nitrogens with zero attached hydrogens (tertiary/aromatic N) is 1. The van der Waals surface area contributed by atoms with Gasteiger partial charge in [0.15, 0.2) is 0 Å². The smallest absolute Gasteiger partial charge is 0.263 e. The van der Waals surface area contributed by atoms with Crippen molar-refractivity contribution >= 4 is 23.5 Å². The lowest BCUT2D eigenvalue weighted by Gasteiger charge is -2.22. The summed E-state index contributed by atoms with van der Waals surface area (Å²) in [5.74, 6) is 1.43. The van der Waals surface area contributed by atoms with Gasteiger partial charge in [0.25, 0.3) is 5.91 Å². The number of para-hydroxylation sites is 1. The molecule has 17 heavy (non-hydrogen) atoms. The van der Waals surface area contributed by atoms with Crippen molar-refractivity contribution in [2.24, 2.45) is 5.92 Å². The van der Waals surface area contributed by atoms with Gasteiger partial charge in [0.2, 0.25) is 0 Å². The van der Waals surface area contributed by atoms with Crippen molar-refractivity contribution in [3.63, 3.8) is 0 Å². The third-order valence-corrected chi connectivity index (χ3v) is 3.53. The molecule has 0 heterocycles. The van der Waals surface area contributed by atoms with Gasteiger partial charge in [-0.1, -0.05) is 38.6 Å². The minimum absolute atomic E-state index is 0.0261. The Morgan fingerprint density at radius 1 is 1.35 bits per heavy atom. The molecule has 1 rings (SSSR count). The van der Waals surface area contributed by atoms with Crippen LogP contribution in [0.4, 0.5) is 5.69 Å². The molecule has 0 aliphatic carbocycles. The third-order valence-electron chi connectivity index (χ3n) is 2.08. The van der Waals surface area contributed by atoms with Crippen molar-refractivity contribution in [1.82, 2.24) is 0 Å². The van der Waals surface area contributed by atoms with Crippen molar-refractivity contribution in [1.29, 1.82) is 0 Å². The van der Waals surface area contributed by atoms with Crippen molar-refractivity contribution < 1.29 is 4.79 Å². The predicted octanol–water partition coefficient (Wildman–Crippen LogP) is 3.90. The van der Waals surface area contributed by atoms with E-state index in [4.69, 9.17) is 0 Å². The molecule has 0 aliphatic heterocycles. The molecule has 0 atom stereocenters. The molecule has 0 spiro atoms. The zero-order valence-corrected chi connectivity index (χ0v) is 11.5. The predicted molar refractivity (Wildman–Crippen MR) is 76.0 cm³/mol. The highest BCUT2D eigenvalue weighted by atomic mass is 32.2. The zero-order valence-electron chi connectivity index (χ0n) is 10.6. The van der Waals surface area contributed by atoms with E-state index in [-0.39, 0.29) is 5.91 Å². The summed E-state index contributed by atoms with van der Waals surface area (Å²) in [4.78, 5) is 12.1. The van der Waals surface area contributed by atoms with Crippen LogP contribution in [-0.2, 0) is 4.79 Å². The minimum Gasteiger partial charge on any atom is -0.268 e. The molecule has 1 aromatic carbocycles. The van der Waals surface area contributed by atoms with Crippen LogP contribution < -0.4 is 4.31 Å². The number of hydrogen-bond donors (Lipinski definition) is 0. The SMILES string of the molecule is C=C(C)C(=O)N(SCC(C)C)c1ccccc1. The average molecular weight is 249 g/mol. The quantitative estimate of drug-likeness (QED) is 0.582. The Morgan fingerprint density at radius 3 is 2.41 bits per heavy atom. The third kappa shape index (κ3) is 4.27. The molecule has 0 saturated heterocycles. The van der Waals surface area contributed by atoms with E-state index < -0.39 is 0 Å². The maximum Gasteiger partial charge on any atom is 0.263 e. The second kappa shape index (κ2) is 6.50. The monoisotopic (exact) mass is 249 g/mol. The standard InChI is InChI=1S/C14H19NOS/c1-11(2)10-17-15(14(16)12(3)4)13-8-6-5-7-9-13/h5-9,11H,3,10H2,1-2,4H3. The Kier molecular flexibility index (Phi) is 5.29. The molecular weight excluding hydrogens is 230 g/mol. The number of anilines is 1. The van der Waals surface area contributed by atoms with Gasteiger partial charge in [0, 0.05) is 11.3 Å². The van der Waals surface area contributed by atoms with Gasteiger partial charge in [-0.25, -0.2) is 0 Å². The Balaban J connectivity index is 2.87. The maximum atomic E-state index is 12.1. The number of benzene rings is 1. The number of carbonyl (C=O) groups excluding carboxylic acids is 1. The van der Waals surface area contributed by atoms with Gasteiger partial charge >= 0.3 is 0 Å². The molecule has 0 radical (unpaired) electrons. The van der Waals surface area contributed by atoms with Gasteiger partial charge in [-0.2, -0.15) is 0 Å². The highest BCUT2D eigenvalue weighted by Gasteiger charge is 2.17. The fraction of sp³-hybridized carbons (Fsp3) is 0.357. The van der Waals surface area contributed by atoms with E-state index >= 15 is 0 Å². The van der Waals surface area contributed by atoms with Crippen LogP contribution in [0.1, 0.15) is 20.8 Å². The van der Waals surface area contributed by atoms with Gasteiger partial charge in [-0.3, -0.25) is 9.10 Å². The fourth-order valence-corrected chi connectivity index (χ4v) is 2.20. The van der Waals surface area contributed by atoms with E-state index in [0.29, 0.717) is 11.5 Å². The van der Waals surface area contributed by atoms with Crippen LogP contribution in [0.25, 0.3) is 0 Å². The van der Waals surface area contributed by atoms with Crippen LogP contribution in [-0.4, -0.2) is 11.7 Å². The summed E-state index contributed by atoms with van der Waals surface area (Å²) < 4.78 is 1.72. The largest absolute Gasteiger partial charge is 0.268 e. The lowest BCUT2D eigenvalue weighted by atomic mass is 10.3. The molecule has 0 unspecified atom stereocenters. The Labute approximate surface area is 108 Å². The number of hydrogen-bond acceptors (Lipinski definition) is 2. The molecule has 1 aromatic rings. The summed E-state index contributed by atoms with van der Waals surface area (Å²) in [5.41, 5.74) is 1.47. The van der Waals surface area contributed by atoms with Crippen LogP contribution in [0.5, 0.6) is 0 Å². The summed E-state index contributed by atoms with van der Waals surface area (Å²) in [6.07, 6.45) is 0. The first-order valence-electron chi connectivity index (χ1n) is 5.70. The Bertz CT molecular complexity index is 386. The molecular formula is C14H19NOS. The number of carbonyl (C=O) groups is 1. The topological polar surface area (TPSA) is 20.3 Å². The highest BCUT2D eigenvalue weighted by Crippen LogP contribution is 2.25. The summed E-state index contributed by atoms with van der Waals surface area (Å²) in [5, 5.41) is 0. The summed E-state index contributed by atoms with van der Waals surface area (Å²) in [7, 11) is 0. The second-order valence-corrected chi connectivity index (χ2v) is 5.36. The van der Waals surface area contributed by atoms with Gasteiger partial charge in [0.05, 0.1) is 5.69 Å². The van der Waals surface area contributed by atoms with Crippen molar-refractivity contribution in [2.45, 2.75) is 20.8 Å². The molecule has 92 valence electrons. The molecule has 0 saturated carbocycles. The van der Waals surface area contributed by atoms with Crippen LogP contribution >= 0.6 is 11.9 Å². The fourth-order valence-electron chi connectivity index (χ4n) is 1.21. The normalized spacial score (nSPS) is 10.4. The van der Waals surface area contributed by atoms with Gasteiger partial charge < -0.3 is 0 Å². The average Bonchev–Trinajstić information content (AvgIpc) is 2.30. The summed E-state index contributed by atoms with van der Waals surface area (Å²) in [6.45, 7) is 9.75. The van der Waals surface area contributed by atoms with Crippen molar-refractivity contribution in [2.75, 3.05) is 10.1 Å².